The van der Waals surface area contributed by atoms with Crippen molar-refractivity contribution in [2.75, 3.05) is 0 Å². The first kappa shape index (κ1) is 17.8. The summed E-state index contributed by atoms with van der Waals surface area (Å²) in [4.78, 5) is 4.24. The first-order chi connectivity index (χ1) is 11.1. The summed E-state index contributed by atoms with van der Waals surface area (Å²) in [6.45, 7) is 7.62. The highest BCUT2D eigenvalue weighted by molar-refractivity contribution is 7.94. The predicted octanol–water partition coefficient (Wildman–Crippen LogP) is 2.49. The molecule has 0 amide bonds. The van der Waals surface area contributed by atoms with Crippen LogP contribution in [0.3, 0.4) is 0 Å². The van der Waals surface area contributed by atoms with Gasteiger partial charge in [0.25, 0.3) is 0 Å². The molecule has 0 radical (unpaired) electrons. The lowest BCUT2D eigenvalue weighted by atomic mass is 9.91. The standard InChI is InChI=1S/C17H26N2O4S/c1-16(2)8-9-18-11-12(10-16)24(20,21)19-13-6-5-7-14-15(13)23-17(3,4)22-14/h8-11,13-15,19H,5-7H2,1-4H3. The topological polar surface area (TPSA) is 77.0 Å². The summed E-state index contributed by atoms with van der Waals surface area (Å²) in [5.41, 5.74) is -0.370. The lowest BCUT2D eigenvalue weighted by Crippen LogP contribution is -2.50. The molecule has 134 valence electrons. The number of sulfonamides is 1. The maximum absolute atomic E-state index is 12.8. The highest BCUT2D eigenvalue weighted by Crippen LogP contribution is 2.37. The van der Waals surface area contributed by atoms with Gasteiger partial charge < -0.3 is 9.47 Å². The normalized spacial score (nSPS) is 34.5. The van der Waals surface area contributed by atoms with Crippen LogP contribution in [-0.2, 0) is 19.5 Å². The molecule has 0 aromatic carbocycles. The molecule has 0 aromatic rings. The van der Waals surface area contributed by atoms with Crippen molar-refractivity contribution in [3.8, 4) is 0 Å². The number of hydrogen-bond acceptors (Lipinski definition) is 5. The fraction of sp³-hybridized carbons (Fsp3) is 0.706. The van der Waals surface area contributed by atoms with Gasteiger partial charge in [-0.25, -0.2) is 13.1 Å². The van der Waals surface area contributed by atoms with E-state index in [9.17, 15) is 8.42 Å². The SMILES string of the molecule is CC1(C)C=CN=CC(S(=O)(=O)NC2CCCC3OC(C)(C)OC23)=C1. The maximum Gasteiger partial charge on any atom is 0.242 e. The Hall–Kier alpha value is -1.02. The number of ether oxygens (including phenoxy) is 2. The van der Waals surface area contributed by atoms with Crippen LogP contribution in [0, 0.1) is 5.41 Å². The van der Waals surface area contributed by atoms with Gasteiger partial charge in [0.05, 0.1) is 17.1 Å². The minimum atomic E-state index is -3.67. The van der Waals surface area contributed by atoms with E-state index in [1.807, 2.05) is 33.8 Å². The van der Waals surface area contributed by atoms with Crippen molar-refractivity contribution < 1.29 is 17.9 Å². The Morgan fingerprint density at radius 3 is 2.71 bits per heavy atom. The van der Waals surface area contributed by atoms with Crippen molar-refractivity contribution >= 4 is 16.2 Å². The molecule has 0 aromatic heterocycles. The van der Waals surface area contributed by atoms with Gasteiger partial charge in [0.2, 0.25) is 10.0 Å². The second kappa shape index (κ2) is 6.05. The van der Waals surface area contributed by atoms with Crippen LogP contribution in [0.2, 0.25) is 0 Å². The summed E-state index contributed by atoms with van der Waals surface area (Å²) in [5, 5.41) is 0. The van der Waals surface area contributed by atoms with E-state index in [2.05, 4.69) is 9.71 Å². The van der Waals surface area contributed by atoms with Gasteiger partial charge in [0.1, 0.15) is 6.10 Å². The molecule has 1 saturated carbocycles. The summed E-state index contributed by atoms with van der Waals surface area (Å²) in [7, 11) is -3.67. The monoisotopic (exact) mass is 354 g/mol. The van der Waals surface area contributed by atoms with E-state index in [0.29, 0.717) is 0 Å². The number of nitrogens with one attached hydrogen (secondary N) is 1. The lowest BCUT2D eigenvalue weighted by molar-refractivity contribution is -0.146. The smallest absolute Gasteiger partial charge is 0.242 e. The Balaban J connectivity index is 1.81. The molecule has 7 heteroatoms. The van der Waals surface area contributed by atoms with Crippen molar-refractivity contribution in [2.24, 2.45) is 10.4 Å². The zero-order chi connectivity index (χ0) is 17.6. The summed E-state index contributed by atoms with van der Waals surface area (Å²) < 4.78 is 40.4. The lowest BCUT2D eigenvalue weighted by Gasteiger charge is -2.31. The zero-order valence-electron chi connectivity index (χ0n) is 14.7. The Kier molecular flexibility index (Phi) is 4.49. The predicted molar refractivity (Wildman–Crippen MR) is 93.0 cm³/mol. The molecule has 6 nitrogen and oxygen atoms in total. The fourth-order valence-electron chi connectivity index (χ4n) is 3.47. The van der Waals surface area contributed by atoms with E-state index < -0.39 is 15.8 Å². The van der Waals surface area contributed by atoms with Gasteiger partial charge in [-0.15, -0.1) is 0 Å². The molecule has 0 bridgehead atoms. The molecular formula is C17H26N2O4S. The van der Waals surface area contributed by atoms with Crippen molar-refractivity contribution in [3.63, 3.8) is 0 Å². The van der Waals surface area contributed by atoms with E-state index in [-0.39, 0.29) is 28.6 Å². The molecule has 3 aliphatic rings. The van der Waals surface area contributed by atoms with Crippen LogP contribution in [0.4, 0.5) is 0 Å². The van der Waals surface area contributed by atoms with Crippen molar-refractivity contribution in [2.45, 2.75) is 71.0 Å². The van der Waals surface area contributed by atoms with Crippen molar-refractivity contribution in [1.29, 1.82) is 0 Å². The summed E-state index contributed by atoms with van der Waals surface area (Å²) in [5.74, 6) is -0.668. The minimum Gasteiger partial charge on any atom is -0.345 e. The Labute approximate surface area is 144 Å². The Morgan fingerprint density at radius 1 is 1.21 bits per heavy atom. The molecule has 1 aliphatic carbocycles. The number of allylic oxidation sites excluding steroid dienone is 3. The third kappa shape index (κ3) is 3.79. The molecule has 3 rings (SSSR count). The molecule has 3 atom stereocenters. The van der Waals surface area contributed by atoms with E-state index >= 15 is 0 Å². The quantitative estimate of drug-likeness (QED) is 0.845. The van der Waals surface area contributed by atoms with Crippen LogP contribution in [0.5, 0.6) is 0 Å². The van der Waals surface area contributed by atoms with Crippen LogP contribution in [-0.4, -0.2) is 38.7 Å². The van der Waals surface area contributed by atoms with E-state index in [1.54, 1.807) is 12.3 Å². The van der Waals surface area contributed by atoms with Gasteiger partial charge >= 0.3 is 0 Å². The van der Waals surface area contributed by atoms with Crippen molar-refractivity contribution in [1.82, 2.24) is 4.72 Å². The Bertz CT molecular complexity index is 691. The van der Waals surface area contributed by atoms with Gasteiger partial charge in [-0.05, 0) is 33.1 Å². The first-order valence-corrected chi connectivity index (χ1v) is 9.88. The molecule has 2 fully saturated rings. The van der Waals surface area contributed by atoms with Crippen molar-refractivity contribution in [3.05, 3.63) is 23.3 Å². The average molecular weight is 354 g/mol. The molecular weight excluding hydrogens is 328 g/mol. The third-order valence-corrected chi connectivity index (χ3v) is 6.00. The Morgan fingerprint density at radius 2 is 1.96 bits per heavy atom. The second-order valence-corrected chi connectivity index (χ2v) is 9.47. The summed E-state index contributed by atoms with van der Waals surface area (Å²) in [6, 6.07) is -0.288. The highest BCUT2D eigenvalue weighted by atomic mass is 32.2. The van der Waals surface area contributed by atoms with Gasteiger partial charge in [0.15, 0.2) is 5.79 Å². The maximum atomic E-state index is 12.8. The second-order valence-electron chi connectivity index (χ2n) is 7.76. The molecule has 1 N–H and O–H groups in total. The van der Waals surface area contributed by atoms with Crippen LogP contribution in [0.25, 0.3) is 0 Å². The average Bonchev–Trinajstić information content (AvgIpc) is 2.64. The van der Waals surface area contributed by atoms with Gasteiger partial charge in [-0.1, -0.05) is 26.0 Å². The molecule has 1 saturated heterocycles. The number of nitrogens with zero attached hydrogens (tertiary/aromatic N) is 1. The number of rotatable bonds is 3. The number of fused-ring (bicyclic) bond motifs is 1. The first-order valence-electron chi connectivity index (χ1n) is 8.40. The third-order valence-electron chi connectivity index (χ3n) is 4.54. The van der Waals surface area contributed by atoms with Crippen LogP contribution in [0.15, 0.2) is 28.2 Å². The molecule has 3 unspecified atom stereocenters. The molecule has 2 aliphatic heterocycles. The summed E-state index contributed by atoms with van der Waals surface area (Å²) >= 11 is 0. The van der Waals surface area contributed by atoms with E-state index in [0.717, 1.165) is 19.3 Å². The van der Waals surface area contributed by atoms with Gasteiger partial charge in [-0.3, -0.25) is 4.99 Å². The van der Waals surface area contributed by atoms with E-state index in [4.69, 9.17) is 9.47 Å². The van der Waals surface area contributed by atoms with Crippen LogP contribution < -0.4 is 4.72 Å². The fourth-order valence-corrected chi connectivity index (χ4v) is 4.92. The van der Waals surface area contributed by atoms with Gasteiger partial charge in [-0.2, -0.15) is 0 Å². The van der Waals surface area contributed by atoms with Crippen LogP contribution >= 0.6 is 0 Å². The number of hydrogen-bond donors (Lipinski definition) is 1. The minimum absolute atomic E-state index is 0.0589. The number of aliphatic imine (C=N–C) groups is 1. The highest BCUT2D eigenvalue weighted by Gasteiger charge is 2.47. The van der Waals surface area contributed by atoms with E-state index in [1.165, 1.54) is 6.21 Å². The largest absolute Gasteiger partial charge is 0.345 e. The van der Waals surface area contributed by atoms with Gasteiger partial charge in [0, 0.05) is 17.8 Å². The zero-order valence-corrected chi connectivity index (χ0v) is 15.5. The van der Waals surface area contributed by atoms with Crippen LogP contribution in [0.1, 0.15) is 47.0 Å². The summed E-state index contributed by atoms with van der Waals surface area (Å²) in [6.07, 6.45) is 8.86. The molecule has 2 heterocycles. The molecule has 24 heavy (non-hydrogen) atoms. The molecule has 0 spiro atoms.